The maximum absolute atomic E-state index is 6.31. The van der Waals surface area contributed by atoms with E-state index in [9.17, 15) is 0 Å². The molecule has 0 amide bonds. The van der Waals surface area contributed by atoms with Gasteiger partial charge in [0, 0.05) is 18.1 Å². The normalized spacial score (nSPS) is 11.0. The number of halogens is 2. The van der Waals surface area contributed by atoms with Crippen LogP contribution >= 0.6 is 23.2 Å². The summed E-state index contributed by atoms with van der Waals surface area (Å²) in [4.78, 5) is 0. The molecule has 1 aromatic carbocycles. The molecule has 6 heteroatoms. The van der Waals surface area contributed by atoms with Gasteiger partial charge >= 0.3 is 0 Å². The van der Waals surface area contributed by atoms with Crippen molar-refractivity contribution >= 4 is 23.2 Å². The number of aromatic nitrogens is 1. The molecule has 132 valence electrons. The molecule has 0 unspecified atom stereocenters. The molecule has 0 fully saturated rings. The van der Waals surface area contributed by atoms with Crippen LogP contribution in [0.2, 0.25) is 10.0 Å². The van der Waals surface area contributed by atoms with Crippen LogP contribution in [0.1, 0.15) is 30.7 Å². The third kappa shape index (κ3) is 4.80. The van der Waals surface area contributed by atoms with Crippen LogP contribution in [0, 0.1) is 6.92 Å². The molecule has 0 spiro atoms. The number of nitrogens with zero attached hydrogens (tertiary/aromatic N) is 1. The van der Waals surface area contributed by atoms with Crippen molar-refractivity contribution in [3.05, 3.63) is 58.3 Å². The Labute approximate surface area is 156 Å². The quantitative estimate of drug-likeness (QED) is 0.428. The Morgan fingerprint density at radius 1 is 1.04 bits per heavy atom. The number of ether oxygens (including phenoxy) is 1. The minimum absolute atomic E-state index is 0.501. The highest BCUT2D eigenvalue weighted by atomic mass is 35.5. The highest BCUT2D eigenvalue weighted by Gasteiger charge is 2.11. The van der Waals surface area contributed by atoms with Crippen LogP contribution < -0.4 is 4.74 Å². The highest BCUT2D eigenvalue weighted by molar-refractivity contribution is 6.37. The molecule has 0 saturated heterocycles. The van der Waals surface area contributed by atoms with E-state index in [0.717, 1.165) is 48.3 Å². The van der Waals surface area contributed by atoms with Crippen LogP contribution in [-0.2, 0) is 6.42 Å². The number of benzene rings is 1. The molecule has 0 atom stereocenters. The van der Waals surface area contributed by atoms with Crippen LogP contribution in [0.25, 0.3) is 11.1 Å². The summed E-state index contributed by atoms with van der Waals surface area (Å²) in [5.41, 5.74) is 2.75. The van der Waals surface area contributed by atoms with Gasteiger partial charge < -0.3 is 13.7 Å². The lowest BCUT2D eigenvalue weighted by molar-refractivity contribution is 0.304. The molecule has 0 bridgehead atoms. The third-order valence-electron chi connectivity index (χ3n) is 3.84. The largest absolute Gasteiger partial charge is 0.490 e. The molecule has 0 aliphatic carbocycles. The first-order chi connectivity index (χ1) is 12.1. The number of furan rings is 1. The minimum Gasteiger partial charge on any atom is -0.490 e. The van der Waals surface area contributed by atoms with Crippen molar-refractivity contribution in [1.29, 1.82) is 0 Å². The maximum atomic E-state index is 6.31. The maximum Gasteiger partial charge on any atom is 0.156 e. The molecule has 4 nitrogen and oxygen atoms in total. The van der Waals surface area contributed by atoms with Gasteiger partial charge in [0.15, 0.2) is 5.75 Å². The van der Waals surface area contributed by atoms with Gasteiger partial charge in [-0.2, -0.15) is 0 Å². The Morgan fingerprint density at radius 3 is 2.48 bits per heavy atom. The van der Waals surface area contributed by atoms with E-state index in [1.807, 2.05) is 31.2 Å². The van der Waals surface area contributed by atoms with Gasteiger partial charge in [0.1, 0.15) is 5.76 Å². The van der Waals surface area contributed by atoms with Crippen molar-refractivity contribution < 1.29 is 13.7 Å². The molecule has 0 aliphatic rings. The first-order valence-electron chi connectivity index (χ1n) is 8.20. The zero-order chi connectivity index (χ0) is 17.6. The molecule has 3 aromatic rings. The smallest absolute Gasteiger partial charge is 0.156 e. The Kier molecular flexibility index (Phi) is 6.05. The summed E-state index contributed by atoms with van der Waals surface area (Å²) >= 11 is 12.6. The number of rotatable bonds is 8. The average molecular weight is 380 g/mol. The Hall–Kier alpha value is -1.91. The zero-order valence-corrected chi connectivity index (χ0v) is 15.4. The number of unbranched alkanes of at least 4 members (excludes halogenated alkanes) is 2. The predicted octanol–water partition coefficient (Wildman–Crippen LogP) is 6.34. The van der Waals surface area contributed by atoms with E-state index in [1.165, 1.54) is 0 Å². The van der Waals surface area contributed by atoms with Crippen LogP contribution in [0.3, 0.4) is 0 Å². The van der Waals surface area contributed by atoms with Crippen LogP contribution in [-0.4, -0.2) is 11.8 Å². The summed E-state index contributed by atoms with van der Waals surface area (Å²) in [5.74, 6) is 1.46. The second kappa shape index (κ2) is 8.45. The Balaban J connectivity index is 1.46. The van der Waals surface area contributed by atoms with E-state index < -0.39 is 0 Å². The molecule has 0 radical (unpaired) electrons. The van der Waals surface area contributed by atoms with Gasteiger partial charge in [0.2, 0.25) is 0 Å². The monoisotopic (exact) mass is 379 g/mol. The third-order valence-corrected chi connectivity index (χ3v) is 4.40. The van der Waals surface area contributed by atoms with E-state index in [4.69, 9.17) is 36.9 Å². The molecule has 2 heterocycles. The summed E-state index contributed by atoms with van der Waals surface area (Å²) < 4.78 is 16.1. The second-order valence-electron chi connectivity index (χ2n) is 5.87. The van der Waals surface area contributed by atoms with Crippen LogP contribution in [0.5, 0.6) is 5.75 Å². The van der Waals surface area contributed by atoms with Crippen molar-refractivity contribution in [2.45, 2.75) is 32.6 Å². The molecule has 0 saturated carbocycles. The first-order valence-corrected chi connectivity index (χ1v) is 8.95. The standard InChI is InChI=1S/C19H19Cl2NO3/c1-13-9-16(25-22-13)5-3-2-4-7-24-19-17(20)10-15(11-18(19)21)14-6-8-23-12-14/h6,8-12H,2-5,7H2,1H3. The van der Waals surface area contributed by atoms with Crippen molar-refractivity contribution in [1.82, 2.24) is 5.16 Å². The summed E-state index contributed by atoms with van der Waals surface area (Å²) in [5, 5.41) is 4.88. The molecule has 3 rings (SSSR count). The number of hydrogen-bond acceptors (Lipinski definition) is 4. The van der Waals surface area contributed by atoms with E-state index in [1.54, 1.807) is 12.5 Å². The first kappa shape index (κ1) is 17.9. The number of hydrogen-bond donors (Lipinski definition) is 0. The van der Waals surface area contributed by atoms with Gasteiger partial charge in [-0.05, 0) is 49.9 Å². The zero-order valence-electron chi connectivity index (χ0n) is 13.9. The van der Waals surface area contributed by atoms with Gasteiger partial charge in [-0.25, -0.2) is 0 Å². The van der Waals surface area contributed by atoms with E-state index in [2.05, 4.69) is 5.16 Å². The number of aryl methyl sites for hydroxylation is 2. The lowest BCUT2D eigenvalue weighted by Crippen LogP contribution is -1.99. The summed E-state index contributed by atoms with van der Waals surface area (Å²) in [6.45, 7) is 2.49. The second-order valence-corrected chi connectivity index (χ2v) is 6.69. The van der Waals surface area contributed by atoms with Crippen molar-refractivity contribution in [3.63, 3.8) is 0 Å². The summed E-state index contributed by atoms with van der Waals surface area (Å²) in [7, 11) is 0. The predicted molar refractivity (Wildman–Crippen MR) is 98.5 cm³/mol. The topological polar surface area (TPSA) is 48.4 Å². The van der Waals surface area contributed by atoms with Crippen LogP contribution in [0.15, 0.2) is 45.7 Å². The molecule has 0 aliphatic heterocycles. The van der Waals surface area contributed by atoms with Crippen molar-refractivity contribution in [3.8, 4) is 16.9 Å². The Morgan fingerprint density at radius 2 is 1.84 bits per heavy atom. The molecule has 2 aromatic heterocycles. The molecule has 0 N–H and O–H groups in total. The van der Waals surface area contributed by atoms with Crippen molar-refractivity contribution in [2.24, 2.45) is 0 Å². The highest BCUT2D eigenvalue weighted by Crippen LogP contribution is 2.37. The molecular formula is C19H19Cl2NO3. The summed E-state index contributed by atoms with van der Waals surface area (Å²) in [6.07, 6.45) is 7.13. The lowest BCUT2D eigenvalue weighted by Gasteiger charge is -2.11. The van der Waals surface area contributed by atoms with E-state index in [0.29, 0.717) is 22.4 Å². The van der Waals surface area contributed by atoms with E-state index >= 15 is 0 Å². The minimum atomic E-state index is 0.501. The van der Waals surface area contributed by atoms with Crippen molar-refractivity contribution in [2.75, 3.05) is 6.61 Å². The van der Waals surface area contributed by atoms with Gasteiger partial charge in [-0.3, -0.25) is 0 Å². The van der Waals surface area contributed by atoms with Gasteiger partial charge in [-0.1, -0.05) is 28.4 Å². The SMILES string of the molecule is Cc1cc(CCCCCOc2c(Cl)cc(-c3ccoc3)cc2Cl)on1. The fourth-order valence-corrected chi connectivity index (χ4v) is 3.18. The molecule has 25 heavy (non-hydrogen) atoms. The summed E-state index contributed by atoms with van der Waals surface area (Å²) in [6, 6.07) is 7.50. The fraction of sp³-hybridized carbons (Fsp3) is 0.316. The van der Waals surface area contributed by atoms with Gasteiger partial charge in [-0.15, -0.1) is 0 Å². The molecular weight excluding hydrogens is 361 g/mol. The Bertz CT molecular complexity index is 789. The van der Waals surface area contributed by atoms with Gasteiger partial charge in [0.05, 0.1) is 34.9 Å². The average Bonchev–Trinajstić information content (AvgIpc) is 3.24. The van der Waals surface area contributed by atoms with Gasteiger partial charge in [0.25, 0.3) is 0 Å². The lowest BCUT2D eigenvalue weighted by atomic mass is 10.1. The fourth-order valence-electron chi connectivity index (χ4n) is 2.58. The van der Waals surface area contributed by atoms with E-state index in [-0.39, 0.29) is 0 Å². The van der Waals surface area contributed by atoms with Crippen LogP contribution in [0.4, 0.5) is 0 Å².